The molecule has 2 heterocycles. The van der Waals surface area contributed by atoms with Crippen LogP contribution in [-0.4, -0.2) is 47.6 Å². The number of amides is 1. The number of benzene rings is 1. The summed E-state index contributed by atoms with van der Waals surface area (Å²) in [6, 6.07) is 7.46. The first kappa shape index (κ1) is 13.7. The SMILES string of the molecule is CC1CN(C(=O)C2CNc3ccccc3O2)CC1C(=O)O. The third-order valence-corrected chi connectivity index (χ3v) is 4.15. The topological polar surface area (TPSA) is 78.9 Å². The number of nitrogens with zero attached hydrogens (tertiary/aromatic N) is 1. The molecule has 112 valence electrons. The largest absolute Gasteiger partial charge is 0.481 e. The van der Waals surface area contributed by atoms with E-state index < -0.39 is 18.0 Å². The van der Waals surface area contributed by atoms with E-state index in [-0.39, 0.29) is 18.4 Å². The second-order valence-electron chi connectivity index (χ2n) is 5.65. The van der Waals surface area contributed by atoms with Crippen LogP contribution in [0.3, 0.4) is 0 Å². The van der Waals surface area contributed by atoms with Crippen LogP contribution in [0.5, 0.6) is 5.75 Å². The second-order valence-corrected chi connectivity index (χ2v) is 5.65. The van der Waals surface area contributed by atoms with Gasteiger partial charge < -0.3 is 20.1 Å². The molecule has 3 atom stereocenters. The van der Waals surface area contributed by atoms with Crippen molar-refractivity contribution in [2.45, 2.75) is 13.0 Å². The highest BCUT2D eigenvalue weighted by atomic mass is 16.5. The van der Waals surface area contributed by atoms with E-state index >= 15 is 0 Å². The van der Waals surface area contributed by atoms with Crippen molar-refractivity contribution in [3.63, 3.8) is 0 Å². The van der Waals surface area contributed by atoms with Gasteiger partial charge in [-0.2, -0.15) is 0 Å². The number of ether oxygens (including phenoxy) is 1. The normalized spacial score (nSPS) is 27.5. The van der Waals surface area contributed by atoms with Crippen molar-refractivity contribution < 1.29 is 19.4 Å². The fourth-order valence-electron chi connectivity index (χ4n) is 2.92. The molecule has 2 N–H and O–H groups in total. The predicted molar refractivity (Wildman–Crippen MR) is 76.2 cm³/mol. The van der Waals surface area contributed by atoms with Gasteiger partial charge in [-0.05, 0) is 18.1 Å². The number of carboxylic acid groups (broad SMARTS) is 1. The van der Waals surface area contributed by atoms with Gasteiger partial charge in [0, 0.05) is 13.1 Å². The summed E-state index contributed by atoms with van der Waals surface area (Å²) in [5.41, 5.74) is 0.875. The number of rotatable bonds is 2. The molecule has 0 aliphatic carbocycles. The Hall–Kier alpha value is -2.24. The zero-order chi connectivity index (χ0) is 15.0. The van der Waals surface area contributed by atoms with Gasteiger partial charge in [-0.25, -0.2) is 0 Å². The maximum atomic E-state index is 12.5. The number of likely N-dealkylation sites (tertiary alicyclic amines) is 1. The first-order chi connectivity index (χ1) is 10.1. The van der Waals surface area contributed by atoms with Crippen molar-refractivity contribution in [1.29, 1.82) is 0 Å². The molecule has 1 amide bonds. The van der Waals surface area contributed by atoms with E-state index in [0.29, 0.717) is 18.8 Å². The molecule has 6 nitrogen and oxygen atoms in total. The molecule has 6 heteroatoms. The van der Waals surface area contributed by atoms with Crippen LogP contribution in [0.25, 0.3) is 0 Å². The average molecular weight is 290 g/mol. The number of nitrogens with one attached hydrogen (secondary N) is 1. The number of hydrogen-bond donors (Lipinski definition) is 2. The Labute approximate surface area is 122 Å². The van der Waals surface area contributed by atoms with Crippen LogP contribution in [0.1, 0.15) is 6.92 Å². The van der Waals surface area contributed by atoms with Crippen LogP contribution >= 0.6 is 0 Å². The number of para-hydroxylation sites is 2. The van der Waals surface area contributed by atoms with E-state index in [4.69, 9.17) is 9.84 Å². The highest BCUT2D eigenvalue weighted by Crippen LogP contribution is 2.30. The number of anilines is 1. The van der Waals surface area contributed by atoms with Crippen LogP contribution in [0, 0.1) is 11.8 Å². The van der Waals surface area contributed by atoms with E-state index in [1.54, 1.807) is 4.90 Å². The van der Waals surface area contributed by atoms with Crippen LogP contribution in [0.2, 0.25) is 0 Å². The number of carbonyl (C=O) groups excluding carboxylic acids is 1. The third-order valence-electron chi connectivity index (χ3n) is 4.15. The standard InChI is InChI=1S/C15H18N2O4/c1-9-7-17(8-10(9)15(19)20)14(18)13-6-16-11-4-2-3-5-12(11)21-13/h2-5,9-10,13,16H,6-8H2,1H3,(H,19,20). The zero-order valence-corrected chi connectivity index (χ0v) is 11.8. The van der Waals surface area contributed by atoms with Gasteiger partial charge in [-0.15, -0.1) is 0 Å². The number of hydrogen-bond acceptors (Lipinski definition) is 4. The lowest BCUT2D eigenvalue weighted by molar-refractivity contribution is -0.142. The Morgan fingerprint density at radius 3 is 2.81 bits per heavy atom. The van der Waals surface area contributed by atoms with Gasteiger partial charge >= 0.3 is 5.97 Å². The van der Waals surface area contributed by atoms with E-state index in [1.807, 2.05) is 31.2 Å². The molecule has 1 aromatic carbocycles. The molecular weight excluding hydrogens is 272 g/mol. The average Bonchev–Trinajstić information content (AvgIpc) is 2.88. The van der Waals surface area contributed by atoms with Gasteiger partial charge in [0.25, 0.3) is 5.91 Å². The number of carboxylic acids is 1. The molecule has 1 fully saturated rings. The molecule has 2 aliphatic heterocycles. The van der Waals surface area contributed by atoms with Crippen LogP contribution in [-0.2, 0) is 9.59 Å². The Bertz CT molecular complexity index is 575. The summed E-state index contributed by atoms with van der Waals surface area (Å²) in [7, 11) is 0. The Morgan fingerprint density at radius 2 is 2.10 bits per heavy atom. The quantitative estimate of drug-likeness (QED) is 0.851. The fourth-order valence-corrected chi connectivity index (χ4v) is 2.92. The van der Waals surface area contributed by atoms with Crippen molar-refractivity contribution >= 4 is 17.6 Å². The molecule has 0 bridgehead atoms. The summed E-state index contributed by atoms with van der Waals surface area (Å²) in [5, 5.41) is 12.3. The maximum Gasteiger partial charge on any atom is 0.308 e. The molecule has 0 radical (unpaired) electrons. The molecule has 3 unspecified atom stereocenters. The minimum atomic E-state index is -0.842. The van der Waals surface area contributed by atoms with Gasteiger partial charge in [-0.3, -0.25) is 9.59 Å². The predicted octanol–water partition coefficient (Wildman–Crippen LogP) is 1.04. The van der Waals surface area contributed by atoms with Crippen molar-refractivity contribution in [2.75, 3.05) is 25.0 Å². The Balaban J connectivity index is 1.69. The minimum Gasteiger partial charge on any atom is -0.481 e. The first-order valence-electron chi connectivity index (χ1n) is 7.07. The summed E-state index contributed by atoms with van der Waals surface area (Å²) < 4.78 is 5.74. The van der Waals surface area contributed by atoms with Gasteiger partial charge in [0.2, 0.25) is 0 Å². The lowest BCUT2D eigenvalue weighted by atomic mass is 9.99. The molecule has 1 saturated heterocycles. The lowest BCUT2D eigenvalue weighted by Crippen LogP contribution is -2.46. The minimum absolute atomic E-state index is 0.0321. The molecule has 0 spiro atoms. The van der Waals surface area contributed by atoms with Crippen LogP contribution < -0.4 is 10.1 Å². The smallest absolute Gasteiger partial charge is 0.308 e. The third kappa shape index (κ3) is 2.53. The monoisotopic (exact) mass is 290 g/mol. The van der Waals surface area contributed by atoms with Crippen molar-refractivity contribution in [3.05, 3.63) is 24.3 Å². The van der Waals surface area contributed by atoms with E-state index in [9.17, 15) is 9.59 Å². The van der Waals surface area contributed by atoms with E-state index in [1.165, 1.54) is 0 Å². The van der Waals surface area contributed by atoms with Crippen LogP contribution in [0.4, 0.5) is 5.69 Å². The molecule has 2 aliphatic rings. The molecule has 0 saturated carbocycles. The summed E-state index contributed by atoms with van der Waals surface area (Å²) >= 11 is 0. The molecule has 3 rings (SSSR count). The molecule has 1 aromatic rings. The second kappa shape index (κ2) is 5.27. The Kier molecular flexibility index (Phi) is 3.45. The van der Waals surface area contributed by atoms with Gasteiger partial charge in [-0.1, -0.05) is 19.1 Å². The summed E-state index contributed by atoms with van der Waals surface area (Å²) in [4.78, 5) is 25.2. The maximum absolute atomic E-state index is 12.5. The summed E-state index contributed by atoms with van der Waals surface area (Å²) in [5.74, 6) is -0.851. The first-order valence-corrected chi connectivity index (χ1v) is 7.07. The van der Waals surface area contributed by atoms with Crippen LogP contribution in [0.15, 0.2) is 24.3 Å². The van der Waals surface area contributed by atoms with Gasteiger partial charge in [0.1, 0.15) is 5.75 Å². The van der Waals surface area contributed by atoms with Crippen molar-refractivity contribution in [1.82, 2.24) is 4.90 Å². The summed E-state index contributed by atoms with van der Waals surface area (Å²) in [6.45, 7) is 2.99. The number of aliphatic carboxylic acids is 1. The molecular formula is C15H18N2O4. The molecule has 21 heavy (non-hydrogen) atoms. The molecule has 0 aromatic heterocycles. The zero-order valence-electron chi connectivity index (χ0n) is 11.8. The van der Waals surface area contributed by atoms with Crippen molar-refractivity contribution in [3.8, 4) is 5.75 Å². The van der Waals surface area contributed by atoms with Gasteiger partial charge in [0.15, 0.2) is 6.10 Å². The van der Waals surface area contributed by atoms with Gasteiger partial charge in [0.05, 0.1) is 18.2 Å². The number of carbonyl (C=O) groups is 2. The van der Waals surface area contributed by atoms with E-state index in [0.717, 1.165) is 5.69 Å². The number of fused-ring (bicyclic) bond motifs is 1. The fraction of sp³-hybridized carbons (Fsp3) is 0.467. The summed E-state index contributed by atoms with van der Waals surface area (Å²) in [6.07, 6.45) is -0.598. The lowest BCUT2D eigenvalue weighted by Gasteiger charge is -2.29. The van der Waals surface area contributed by atoms with Crippen molar-refractivity contribution in [2.24, 2.45) is 11.8 Å². The highest BCUT2D eigenvalue weighted by Gasteiger charge is 2.40. The highest BCUT2D eigenvalue weighted by molar-refractivity contribution is 5.84. The van der Waals surface area contributed by atoms with E-state index in [2.05, 4.69) is 5.32 Å². The Morgan fingerprint density at radius 1 is 1.33 bits per heavy atom.